The van der Waals surface area contributed by atoms with Gasteiger partial charge in [-0.1, -0.05) is 49.4 Å². The highest BCUT2D eigenvalue weighted by Gasteiger charge is 2.14. The molecule has 2 aromatic carbocycles. The van der Waals surface area contributed by atoms with Gasteiger partial charge in [0.1, 0.15) is 0 Å². The van der Waals surface area contributed by atoms with Crippen molar-refractivity contribution in [1.82, 2.24) is 0 Å². The largest absolute Gasteiger partial charge is 0.367 e. The molecule has 0 heterocycles. The molecule has 0 unspecified atom stereocenters. The monoisotopic (exact) mass is 267 g/mol. The van der Waals surface area contributed by atoms with E-state index in [1.807, 2.05) is 49.4 Å². The first kappa shape index (κ1) is 14.3. The number of para-hydroxylation sites is 1. The first-order valence-corrected chi connectivity index (χ1v) is 7.17. The van der Waals surface area contributed by atoms with Crippen LogP contribution in [-0.4, -0.2) is 12.3 Å². The smallest absolute Gasteiger partial charge is 0.164 e. The Balaban J connectivity index is 2.30. The molecule has 0 bridgehead atoms. The number of carbonyl (C=O) groups is 1. The van der Waals surface area contributed by atoms with Crippen LogP contribution in [0.1, 0.15) is 36.2 Å². The number of ketones is 1. The van der Waals surface area contributed by atoms with Crippen LogP contribution in [0, 0.1) is 0 Å². The summed E-state index contributed by atoms with van der Waals surface area (Å²) in [7, 11) is 0. The van der Waals surface area contributed by atoms with E-state index in [0.717, 1.165) is 24.3 Å². The summed E-state index contributed by atoms with van der Waals surface area (Å²) in [5.74, 6) is 0.201. The summed E-state index contributed by atoms with van der Waals surface area (Å²) in [6.07, 6.45) is 0.542. The molecule has 0 saturated heterocycles. The Hall–Kier alpha value is -2.09. The topological polar surface area (TPSA) is 20.3 Å². The van der Waals surface area contributed by atoms with Crippen molar-refractivity contribution in [3.63, 3.8) is 0 Å². The van der Waals surface area contributed by atoms with Crippen molar-refractivity contribution in [3.8, 4) is 0 Å². The highest BCUT2D eigenvalue weighted by atomic mass is 16.1. The van der Waals surface area contributed by atoms with Crippen molar-refractivity contribution in [2.75, 3.05) is 11.4 Å². The molecule has 0 spiro atoms. The Morgan fingerprint density at radius 3 is 2.25 bits per heavy atom. The van der Waals surface area contributed by atoms with E-state index in [2.05, 4.69) is 24.0 Å². The molecule has 0 radical (unpaired) electrons. The van der Waals surface area contributed by atoms with Crippen molar-refractivity contribution in [3.05, 3.63) is 65.7 Å². The van der Waals surface area contributed by atoms with E-state index >= 15 is 0 Å². The van der Waals surface area contributed by atoms with Crippen LogP contribution < -0.4 is 4.90 Å². The third-order valence-electron chi connectivity index (χ3n) is 3.46. The van der Waals surface area contributed by atoms with Crippen molar-refractivity contribution in [1.29, 1.82) is 0 Å². The molecule has 0 aromatic heterocycles. The fourth-order valence-electron chi connectivity index (χ4n) is 2.35. The van der Waals surface area contributed by atoms with E-state index in [9.17, 15) is 4.79 Å². The van der Waals surface area contributed by atoms with Crippen LogP contribution in [0.5, 0.6) is 0 Å². The van der Waals surface area contributed by atoms with Gasteiger partial charge in [0, 0.05) is 30.8 Å². The number of carbonyl (C=O) groups excluding carboxylic acids is 1. The lowest BCUT2D eigenvalue weighted by atomic mass is 10.0. The lowest BCUT2D eigenvalue weighted by Gasteiger charge is -2.25. The molecule has 0 atom stereocenters. The van der Waals surface area contributed by atoms with Gasteiger partial charge in [-0.05, 0) is 24.6 Å². The van der Waals surface area contributed by atoms with Gasteiger partial charge in [-0.15, -0.1) is 0 Å². The van der Waals surface area contributed by atoms with Crippen LogP contribution in [-0.2, 0) is 6.54 Å². The Labute approximate surface area is 121 Å². The molecule has 2 aromatic rings. The van der Waals surface area contributed by atoms with Gasteiger partial charge in [-0.2, -0.15) is 0 Å². The summed E-state index contributed by atoms with van der Waals surface area (Å²) in [6.45, 7) is 5.73. The minimum Gasteiger partial charge on any atom is -0.367 e. The van der Waals surface area contributed by atoms with Crippen LogP contribution in [0.4, 0.5) is 5.69 Å². The van der Waals surface area contributed by atoms with Gasteiger partial charge in [-0.25, -0.2) is 0 Å². The average Bonchev–Trinajstić information content (AvgIpc) is 2.53. The molecule has 2 nitrogen and oxygen atoms in total. The van der Waals surface area contributed by atoms with Gasteiger partial charge in [0.05, 0.1) is 0 Å². The molecule has 0 N–H and O–H groups in total. The second kappa shape index (κ2) is 6.90. The molecule has 20 heavy (non-hydrogen) atoms. The summed E-state index contributed by atoms with van der Waals surface area (Å²) >= 11 is 0. The zero-order valence-electron chi connectivity index (χ0n) is 12.2. The Kier molecular flexibility index (Phi) is 4.94. The predicted octanol–water partition coefficient (Wildman–Crippen LogP) is 4.31. The van der Waals surface area contributed by atoms with E-state index in [0.29, 0.717) is 6.42 Å². The molecular weight excluding hydrogens is 246 g/mol. The van der Waals surface area contributed by atoms with Crippen molar-refractivity contribution < 1.29 is 4.79 Å². The Morgan fingerprint density at radius 2 is 1.60 bits per heavy atom. The number of anilines is 1. The van der Waals surface area contributed by atoms with E-state index in [4.69, 9.17) is 0 Å². The van der Waals surface area contributed by atoms with Crippen LogP contribution in [0.25, 0.3) is 0 Å². The third-order valence-corrected chi connectivity index (χ3v) is 3.46. The molecule has 0 aliphatic rings. The van der Waals surface area contributed by atoms with Gasteiger partial charge in [-0.3, -0.25) is 4.79 Å². The van der Waals surface area contributed by atoms with Crippen LogP contribution >= 0.6 is 0 Å². The molecule has 0 aliphatic heterocycles. The SMILES string of the molecule is CCC(=O)c1ccccc1N(CC)Cc1ccccc1. The van der Waals surface area contributed by atoms with Gasteiger partial charge >= 0.3 is 0 Å². The summed E-state index contributed by atoms with van der Waals surface area (Å²) in [4.78, 5) is 14.3. The molecule has 104 valence electrons. The van der Waals surface area contributed by atoms with E-state index in [1.165, 1.54) is 5.56 Å². The lowest BCUT2D eigenvalue weighted by molar-refractivity contribution is 0.0988. The summed E-state index contributed by atoms with van der Waals surface area (Å²) in [5, 5.41) is 0. The molecule has 2 rings (SSSR count). The van der Waals surface area contributed by atoms with Crippen molar-refractivity contribution >= 4 is 11.5 Å². The second-order valence-corrected chi connectivity index (χ2v) is 4.79. The van der Waals surface area contributed by atoms with Gasteiger partial charge in [0.15, 0.2) is 5.78 Å². The fraction of sp³-hybridized carbons (Fsp3) is 0.278. The second-order valence-electron chi connectivity index (χ2n) is 4.79. The zero-order valence-corrected chi connectivity index (χ0v) is 12.2. The zero-order chi connectivity index (χ0) is 14.4. The van der Waals surface area contributed by atoms with Crippen molar-refractivity contribution in [2.45, 2.75) is 26.8 Å². The predicted molar refractivity (Wildman–Crippen MR) is 84.2 cm³/mol. The third kappa shape index (κ3) is 3.27. The van der Waals surface area contributed by atoms with Gasteiger partial charge in [0.25, 0.3) is 0 Å². The molecule has 0 fully saturated rings. The van der Waals surface area contributed by atoms with Crippen molar-refractivity contribution in [2.24, 2.45) is 0 Å². The molecule has 0 saturated carbocycles. The highest BCUT2D eigenvalue weighted by Crippen LogP contribution is 2.23. The molecule has 2 heteroatoms. The number of hydrogen-bond acceptors (Lipinski definition) is 2. The maximum absolute atomic E-state index is 12.1. The highest BCUT2D eigenvalue weighted by molar-refractivity contribution is 6.01. The summed E-state index contributed by atoms with van der Waals surface area (Å²) in [5.41, 5.74) is 3.12. The van der Waals surface area contributed by atoms with E-state index in [-0.39, 0.29) is 5.78 Å². The number of rotatable bonds is 6. The first-order valence-electron chi connectivity index (χ1n) is 7.17. The average molecular weight is 267 g/mol. The van der Waals surface area contributed by atoms with Gasteiger partial charge < -0.3 is 4.90 Å². The number of hydrogen-bond donors (Lipinski definition) is 0. The van der Waals surface area contributed by atoms with Crippen LogP contribution in [0.3, 0.4) is 0 Å². The summed E-state index contributed by atoms with van der Waals surface area (Å²) in [6, 6.07) is 18.2. The standard InChI is InChI=1S/C18H21NO/c1-3-18(20)16-12-8-9-13-17(16)19(4-2)14-15-10-6-5-7-11-15/h5-13H,3-4,14H2,1-2H3. The van der Waals surface area contributed by atoms with Crippen LogP contribution in [0.2, 0.25) is 0 Å². The maximum Gasteiger partial charge on any atom is 0.164 e. The molecular formula is C18H21NO. The van der Waals surface area contributed by atoms with E-state index in [1.54, 1.807) is 0 Å². The number of nitrogens with zero attached hydrogens (tertiary/aromatic N) is 1. The van der Waals surface area contributed by atoms with Gasteiger partial charge in [0.2, 0.25) is 0 Å². The molecule has 0 amide bonds. The Morgan fingerprint density at radius 1 is 0.950 bits per heavy atom. The fourth-order valence-corrected chi connectivity index (χ4v) is 2.35. The Bertz CT molecular complexity index is 563. The van der Waals surface area contributed by atoms with E-state index < -0.39 is 0 Å². The number of benzene rings is 2. The maximum atomic E-state index is 12.1. The minimum atomic E-state index is 0.201. The van der Waals surface area contributed by atoms with Crippen LogP contribution in [0.15, 0.2) is 54.6 Å². The summed E-state index contributed by atoms with van der Waals surface area (Å²) < 4.78 is 0. The minimum absolute atomic E-state index is 0.201. The molecule has 0 aliphatic carbocycles. The quantitative estimate of drug-likeness (QED) is 0.727. The lowest BCUT2D eigenvalue weighted by Crippen LogP contribution is -2.24. The first-order chi connectivity index (χ1) is 9.76. The normalized spacial score (nSPS) is 10.3. The number of Topliss-reactive ketones (excluding diaryl/α,β-unsaturated/α-hetero) is 1.